The summed E-state index contributed by atoms with van der Waals surface area (Å²) < 4.78 is 31.0. The van der Waals surface area contributed by atoms with Gasteiger partial charge in [-0.2, -0.15) is 8.78 Å². The maximum Gasteiger partial charge on any atom is 0.402 e. The van der Waals surface area contributed by atoms with Crippen molar-refractivity contribution in [2.75, 3.05) is 0 Å². The van der Waals surface area contributed by atoms with Crippen LogP contribution in [0, 0.1) is 6.92 Å². The van der Waals surface area contributed by atoms with Crippen LogP contribution in [-0.2, 0) is 6.42 Å². The lowest BCUT2D eigenvalue weighted by Crippen LogP contribution is -2.21. The van der Waals surface area contributed by atoms with Crippen molar-refractivity contribution in [1.29, 1.82) is 0 Å². The van der Waals surface area contributed by atoms with Gasteiger partial charge in [0.05, 0.1) is 6.42 Å². The van der Waals surface area contributed by atoms with Gasteiger partial charge < -0.3 is 4.74 Å². The molecule has 2 rings (SSSR count). The van der Waals surface area contributed by atoms with Crippen molar-refractivity contribution >= 4 is 0 Å². The highest BCUT2D eigenvalue weighted by molar-refractivity contribution is 5.50. The SMILES string of the molecule is Cc1ccc(C(C)C)c2c1OC(F)(F)C2. The van der Waals surface area contributed by atoms with E-state index in [1.165, 1.54) is 0 Å². The molecule has 0 aromatic heterocycles. The summed E-state index contributed by atoms with van der Waals surface area (Å²) in [6.07, 6.45) is -3.32. The Bertz CT molecular complexity index is 397. The van der Waals surface area contributed by atoms with E-state index in [1.807, 2.05) is 26.0 Å². The Labute approximate surface area is 88.1 Å². The largest absolute Gasteiger partial charge is 0.432 e. The van der Waals surface area contributed by atoms with Gasteiger partial charge in [0.15, 0.2) is 0 Å². The van der Waals surface area contributed by atoms with Crippen LogP contribution >= 0.6 is 0 Å². The molecular weight excluding hydrogens is 198 g/mol. The number of halogens is 2. The van der Waals surface area contributed by atoms with Gasteiger partial charge in [-0.3, -0.25) is 0 Å². The van der Waals surface area contributed by atoms with Crippen LogP contribution in [0.5, 0.6) is 5.75 Å². The van der Waals surface area contributed by atoms with E-state index in [2.05, 4.69) is 4.74 Å². The number of fused-ring (bicyclic) bond motifs is 1. The molecule has 15 heavy (non-hydrogen) atoms. The van der Waals surface area contributed by atoms with E-state index < -0.39 is 6.11 Å². The zero-order valence-corrected chi connectivity index (χ0v) is 9.10. The highest BCUT2D eigenvalue weighted by Crippen LogP contribution is 2.42. The van der Waals surface area contributed by atoms with Gasteiger partial charge in [-0.15, -0.1) is 0 Å². The van der Waals surface area contributed by atoms with Gasteiger partial charge in [0.25, 0.3) is 0 Å². The second kappa shape index (κ2) is 3.19. The number of hydrogen-bond acceptors (Lipinski definition) is 1. The Morgan fingerprint density at radius 3 is 2.60 bits per heavy atom. The first kappa shape index (κ1) is 10.4. The average Bonchev–Trinajstić information content (AvgIpc) is 2.41. The molecule has 0 amide bonds. The van der Waals surface area contributed by atoms with Crippen LogP contribution in [0.2, 0.25) is 0 Å². The topological polar surface area (TPSA) is 9.23 Å². The summed E-state index contributed by atoms with van der Waals surface area (Å²) in [5, 5.41) is 0. The third kappa shape index (κ3) is 1.71. The van der Waals surface area contributed by atoms with Crippen LogP contribution in [0.15, 0.2) is 12.1 Å². The van der Waals surface area contributed by atoms with Crippen LogP contribution in [0.1, 0.15) is 36.5 Å². The second-order valence-electron chi connectivity index (χ2n) is 4.35. The van der Waals surface area contributed by atoms with Crippen molar-refractivity contribution in [3.8, 4) is 5.75 Å². The number of benzene rings is 1. The van der Waals surface area contributed by atoms with E-state index >= 15 is 0 Å². The molecule has 3 heteroatoms. The van der Waals surface area contributed by atoms with Gasteiger partial charge in [0.2, 0.25) is 0 Å². The average molecular weight is 212 g/mol. The van der Waals surface area contributed by atoms with Crippen LogP contribution < -0.4 is 4.74 Å². The van der Waals surface area contributed by atoms with Gasteiger partial charge in [-0.1, -0.05) is 26.0 Å². The molecule has 1 aromatic rings. The minimum atomic E-state index is -3.03. The molecule has 0 saturated carbocycles. The Balaban J connectivity index is 2.55. The van der Waals surface area contributed by atoms with Crippen molar-refractivity contribution in [1.82, 2.24) is 0 Å². The van der Waals surface area contributed by atoms with Gasteiger partial charge in [-0.05, 0) is 24.0 Å². The van der Waals surface area contributed by atoms with Crippen LogP contribution in [0.3, 0.4) is 0 Å². The van der Waals surface area contributed by atoms with E-state index in [-0.39, 0.29) is 12.3 Å². The minimum absolute atomic E-state index is 0.247. The maximum absolute atomic E-state index is 13.1. The van der Waals surface area contributed by atoms with Gasteiger partial charge in [0, 0.05) is 5.56 Å². The Hall–Kier alpha value is -1.12. The van der Waals surface area contributed by atoms with E-state index in [1.54, 1.807) is 6.92 Å². The predicted molar refractivity (Wildman–Crippen MR) is 54.5 cm³/mol. The standard InChI is InChI=1S/C12H14F2O/c1-7(2)9-5-4-8(3)11-10(9)6-12(13,14)15-11/h4-5,7H,6H2,1-3H3. The summed E-state index contributed by atoms with van der Waals surface area (Å²) in [5.74, 6) is 0.628. The first-order valence-corrected chi connectivity index (χ1v) is 5.10. The summed E-state index contributed by atoms with van der Waals surface area (Å²) in [6, 6.07) is 3.76. The first-order valence-electron chi connectivity index (χ1n) is 5.10. The number of hydrogen-bond donors (Lipinski definition) is 0. The molecule has 0 bridgehead atoms. The quantitative estimate of drug-likeness (QED) is 0.690. The lowest BCUT2D eigenvalue weighted by Gasteiger charge is -2.11. The van der Waals surface area contributed by atoms with Gasteiger partial charge in [0.1, 0.15) is 5.75 Å². The highest BCUT2D eigenvalue weighted by Gasteiger charge is 2.41. The zero-order chi connectivity index (χ0) is 11.2. The van der Waals surface area contributed by atoms with Crippen molar-refractivity contribution in [2.24, 2.45) is 0 Å². The monoisotopic (exact) mass is 212 g/mol. The molecule has 1 heterocycles. The lowest BCUT2D eigenvalue weighted by molar-refractivity contribution is -0.159. The fourth-order valence-corrected chi connectivity index (χ4v) is 2.02. The summed E-state index contributed by atoms with van der Waals surface area (Å²) in [5.41, 5.74) is 2.43. The van der Waals surface area contributed by atoms with Crippen LogP contribution in [-0.4, -0.2) is 6.11 Å². The molecule has 1 aliphatic rings. The molecular formula is C12H14F2O. The molecule has 1 aromatic carbocycles. The van der Waals surface area contributed by atoms with E-state index in [0.717, 1.165) is 11.1 Å². The second-order valence-corrected chi connectivity index (χ2v) is 4.35. The van der Waals surface area contributed by atoms with E-state index in [0.29, 0.717) is 11.3 Å². The molecule has 0 saturated heterocycles. The lowest BCUT2D eigenvalue weighted by atomic mass is 9.94. The van der Waals surface area contributed by atoms with Gasteiger partial charge >= 0.3 is 6.11 Å². The van der Waals surface area contributed by atoms with E-state index in [4.69, 9.17) is 0 Å². The number of alkyl halides is 2. The number of aryl methyl sites for hydroxylation is 1. The minimum Gasteiger partial charge on any atom is -0.432 e. The van der Waals surface area contributed by atoms with Crippen molar-refractivity contribution in [2.45, 2.75) is 39.2 Å². The normalized spacial score (nSPS) is 17.7. The fourth-order valence-electron chi connectivity index (χ4n) is 2.02. The molecule has 0 spiro atoms. The molecule has 0 atom stereocenters. The molecule has 82 valence electrons. The van der Waals surface area contributed by atoms with Crippen molar-refractivity contribution in [3.63, 3.8) is 0 Å². The van der Waals surface area contributed by atoms with Crippen LogP contribution in [0.25, 0.3) is 0 Å². The first-order chi connectivity index (χ1) is 6.91. The third-order valence-corrected chi connectivity index (χ3v) is 2.75. The molecule has 1 nitrogen and oxygen atoms in total. The Kier molecular flexibility index (Phi) is 2.21. The highest BCUT2D eigenvalue weighted by atomic mass is 19.3. The van der Waals surface area contributed by atoms with Crippen LogP contribution in [0.4, 0.5) is 8.78 Å². The van der Waals surface area contributed by atoms with Crippen molar-refractivity contribution in [3.05, 3.63) is 28.8 Å². The summed E-state index contributed by atoms with van der Waals surface area (Å²) in [4.78, 5) is 0. The summed E-state index contributed by atoms with van der Waals surface area (Å²) in [6.45, 7) is 5.80. The number of ether oxygens (including phenoxy) is 1. The predicted octanol–water partition coefficient (Wildman–Crippen LogP) is 3.65. The molecule has 0 fully saturated rings. The summed E-state index contributed by atoms with van der Waals surface area (Å²) >= 11 is 0. The molecule has 0 unspecified atom stereocenters. The third-order valence-electron chi connectivity index (χ3n) is 2.75. The molecule has 1 aliphatic heterocycles. The fraction of sp³-hybridized carbons (Fsp3) is 0.500. The Morgan fingerprint density at radius 1 is 1.33 bits per heavy atom. The summed E-state index contributed by atoms with van der Waals surface area (Å²) in [7, 11) is 0. The maximum atomic E-state index is 13.1. The molecule has 0 N–H and O–H groups in total. The zero-order valence-electron chi connectivity index (χ0n) is 9.10. The number of rotatable bonds is 1. The van der Waals surface area contributed by atoms with Crippen molar-refractivity contribution < 1.29 is 13.5 Å². The van der Waals surface area contributed by atoms with Gasteiger partial charge in [-0.25, -0.2) is 0 Å². The van der Waals surface area contributed by atoms with E-state index in [9.17, 15) is 8.78 Å². The smallest absolute Gasteiger partial charge is 0.402 e. The molecule has 0 aliphatic carbocycles. The Morgan fingerprint density at radius 2 is 2.00 bits per heavy atom. The molecule has 0 radical (unpaired) electrons.